The molecule has 0 aliphatic heterocycles. The quantitative estimate of drug-likeness (QED) is 0.230. The second-order valence-electron chi connectivity index (χ2n) is 7.44. The Labute approximate surface area is 196 Å². The maximum Gasteiger partial charge on any atom is 0.196 e. The van der Waals surface area contributed by atoms with Crippen molar-refractivity contribution >= 4 is 28.9 Å². The van der Waals surface area contributed by atoms with E-state index in [1.54, 1.807) is 18.4 Å². The summed E-state index contributed by atoms with van der Waals surface area (Å²) < 4.78 is 9.78. The summed E-state index contributed by atoms with van der Waals surface area (Å²) in [5, 5.41) is 11.6. The van der Waals surface area contributed by atoms with Crippen LogP contribution in [0.5, 0.6) is 5.75 Å². The third-order valence-corrected chi connectivity index (χ3v) is 7.15. The van der Waals surface area contributed by atoms with Crippen molar-refractivity contribution in [2.75, 3.05) is 12.9 Å². The number of hydrogen-bond donors (Lipinski definition) is 0. The molecule has 0 saturated heterocycles. The molecule has 0 radical (unpaired) electrons. The van der Waals surface area contributed by atoms with Gasteiger partial charge < -0.3 is 9.30 Å². The van der Waals surface area contributed by atoms with Gasteiger partial charge in [-0.1, -0.05) is 36.9 Å². The van der Waals surface area contributed by atoms with Gasteiger partial charge in [0.25, 0.3) is 0 Å². The van der Waals surface area contributed by atoms with E-state index < -0.39 is 0 Å². The molecular formula is C24H26N4O2S2. The molecular weight excluding hydrogens is 440 g/mol. The Morgan fingerprint density at radius 3 is 2.69 bits per heavy atom. The minimum atomic E-state index is 0.0951. The largest absolute Gasteiger partial charge is 0.495 e. The summed E-state index contributed by atoms with van der Waals surface area (Å²) in [6, 6.07) is 13.8. The SMILES string of the molecule is CCCn1c(C)cc(C(=O)CSc2nnc(-c3cccs3)n2-c2ccccc2OC)c1C. The van der Waals surface area contributed by atoms with E-state index >= 15 is 0 Å². The summed E-state index contributed by atoms with van der Waals surface area (Å²) in [6.07, 6.45) is 1.03. The van der Waals surface area contributed by atoms with Crippen molar-refractivity contribution in [1.29, 1.82) is 0 Å². The van der Waals surface area contributed by atoms with E-state index in [4.69, 9.17) is 4.74 Å². The molecule has 0 aliphatic rings. The first-order valence-electron chi connectivity index (χ1n) is 10.5. The fraction of sp³-hybridized carbons (Fsp3) is 0.292. The molecule has 0 spiro atoms. The maximum absolute atomic E-state index is 13.1. The normalized spacial score (nSPS) is 11.1. The Morgan fingerprint density at radius 1 is 1.16 bits per heavy atom. The monoisotopic (exact) mass is 466 g/mol. The molecule has 0 saturated carbocycles. The van der Waals surface area contributed by atoms with Crippen molar-refractivity contribution in [3.05, 3.63) is 64.8 Å². The topological polar surface area (TPSA) is 61.9 Å². The highest BCUT2D eigenvalue weighted by Gasteiger charge is 2.22. The van der Waals surface area contributed by atoms with E-state index in [1.165, 1.54) is 11.8 Å². The van der Waals surface area contributed by atoms with Crippen molar-refractivity contribution < 1.29 is 9.53 Å². The minimum Gasteiger partial charge on any atom is -0.495 e. The van der Waals surface area contributed by atoms with Gasteiger partial charge >= 0.3 is 0 Å². The predicted molar refractivity (Wildman–Crippen MR) is 130 cm³/mol. The predicted octanol–water partition coefficient (Wildman–Crippen LogP) is 5.81. The summed E-state index contributed by atoms with van der Waals surface area (Å²) in [7, 11) is 1.65. The lowest BCUT2D eigenvalue weighted by molar-refractivity contribution is 0.102. The molecule has 4 aromatic rings. The molecule has 0 N–H and O–H groups in total. The number of aryl methyl sites for hydroxylation is 1. The maximum atomic E-state index is 13.1. The number of ketones is 1. The van der Waals surface area contributed by atoms with Crippen LogP contribution in [-0.4, -0.2) is 38.0 Å². The smallest absolute Gasteiger partial charge is 0.196 e. The van der Waals surface area contributed by atoms with E-state index in [2.05, 4.69) is 28.6 Å². The number of Topliss-reactive ketones (excluding diaryl/α,β-unsaturated/α-hetero) is 1. The zero-order valence-electron chi connectivity index (χ0n) is 18.7. The van der Waals surface area contributed by atoms with Crippen molar-refractivity contribution in [2.45, 2.75) is 38.9 Å². The molecule has 0 amide bonds. The fourth-order valence-electron chi connectivity index (χ4n) is 3.82. The number of thioether (sulfide) groups is 1. The number of carbonyl (C=O) groups is 1. The van der Waals surface area contributed by atoms with E-state index in [1.807, 2.05) is 59.3 Å². The molecule has 0 bridgehead atoms. The second kappa shape index (κ2) is 9.75. The summed E-state index contributed by atoms with van der Waals surface area (Å²) >= 11 is 3.00. The lowest BCUT2D eigenvalue weighted by Gasteiger charge is -2.13. The highest BCUT2D eigenvalue weighted by molar-refractivity contribution is 7.99. The van der Waals surface area contributed by atoms with Crippen LogP contribution in [0.1, 0.15) is 35.1 Å². The zero-order chi connectivity index (χ0) is 22.7. The molecule has 166 valence electrons. The Hall–Kier alpha value is -2.84. The van der Waals surface area contributed by atoms with Crippen LogP contribution in [0.4, 0.5) is 0 Å². The number of aromatic nitrogens is 4. The molecule has 1 aromatic carbocycles. The van der Waals surface area contributed by atoms with Gasteiger partial charge in [0.2, 0.25) is 0 Å². The zero-order valence-corrected chi connectivity index (χ0v) is 20.3. The number of rotatable bonds is 9. The van der Waals surface area contributed by atoms with Crippen LogP contribution in [0.25, 0.3) is 16.4 Å². The highest BCUT2D eigenvalue weighted by atomic mass is 32.2. The standard InChI is InChI=1S/C24H26N4O2S2/c1-5-12-27-16(2)14-18(17(27)3)20(29)15-32-24-26-25-23(22-11-8-13-31-22)28(24)19-9-6-7-10-21(19)30-4/h6-11,13-14H,5,12,15H2,1-4H3. The lowest BCUT2D eigenvalue weighted by Crippen LogP contribution is -2.08. The Bertz CT molecular complexity index is 1230. The molecule has 0 unspecified atom stereocenters. The number of hydrogen-bond acceptors (Lipinski definition) is 6. The number of benzene rings is 1. The average molecular weight is 467 g/mol. The summed E-state index contributed by atoms with van der Waals surface area (Å²) in [5.74, 6) is 1.84. The van der Waals surface area contributed by atoms with E-state index in [0.717, 1.165) is 52.1 Å². The molecule has 0 aliphatic carbocycles. The van der Waals surface area contributed by atoms with Gasteiger partial charge in [0, 0.05) is 23.5 Å². The van der Waals surface area contributed by atoms with Gasteiger partial charge in [-0.2, -0.15) is 0 Å². The van der Waals surface area contributed by atoms with Crippen LogP contribution in [0.15, 0.2) is 53.0 Å². The molecule has 3 heterocycles. The van der Waals surface area contributed by atoms with Crippen LogP contribution in [0.3, 0.4) is 0 Å². The first-order valence-corrected chi connectivity index (χ1v) is 12.4. The first kappa shape index (κ1) is 22.4. The number of ether oxygens (including phenoxy) is 1. The molecule has 6 nitrogen and oxygen atoms in total. The molecule has 4 rings (SSSR count). The number of carbonyl (C=O) groups excluding carboxylic acids is 1. The fourth-order valence-corrected chi connectivity index (χ4v) is 5.35. The Morgan fingerprint density at radius 2 is 1.97 bits per heavy atom. The second-order valence-corrected chi connectivity index (χ2v) is 9.33. The van der Waals surface area contributed by atoms with Gasteiger partial charge in [-0.3, -0.25) is 9.36 Å². The Balaban J connectivity index is 1.67. The first-order chi connectivity index (χ1) is 15.5. The molecule has 32 heavy (non-hydrogen) atoms. The number of nitrogens with zero attached hydrogens (tertiary/aromatic N) is 4. The van der Waals surface area contributed by atoms with Crippen molar-refractivity contribution in [3.63, 3.8) is 0 Å². The van der Waals surface area contributed by atoms with Crippen LogP contribution < -0.4 is 4.74 Å². The molecule has 3 aromatic heterocycles. The van der Waals surface area contributed by atoms with Gasteiger partial charge in [0.15, 0.2) is 16.8 Å². The van der Waals surface area contributed by atoms with Crippen LogP contribution in [0, 0.1) is 13.8 Å². The summed E-state index contributed by atoms with van der Waals surface area (Å²) in [6.45, 7) is 7.14. The van der Waals surface area contributed by atoms with Crippen molar-refractivity contribution in [3.8, 4) is 22.1 Å². The van der Waals surface area contributed by atoms with Gasteiger partial charge in [-0.15, -0.1) is 21.5 Å². The van der Waals surface area contributed by atoms with Crippen LogP contribution >= 0.6 is 23.1 Å². The third kappa shape index (κ3) is 4.25. The van der Waals surface area contributed by atoms with Crippen molar-refractivity contribution in [1.82, 2.24) is 19.3 Å². The van der Waals surface area contributed by atoms with Crippen LogP contribution in [0.2, 0.25) is 0 Å². The van der Waals surface area contributed by atoms with E-state index in [-0.39, 0.29) is 11.5 Å². The van der Waals surface area contributed by atoms with Crippen LogP contribution in [-0.2, 0) is 6.54 Å². The molecule has 0 fully saturated rings. The van der Waals surface area contributed by atoms with Crippen molar-refractivity contribution in [2.24, 2.45) is 0 Å². The lowest BCUT2D eigenvalue weighted by atomic mass is 10.2. The van der Waals surface area contributed by atoms with Gasteiger partial charge in [-0.25, -0.2) is 0 Å². The van der Waals surface area contributed by atoms with Gasteiger partial charge in [0.1, 0.15) is 5.75 Å². The number of thiophene rings is 1. The number of para-hydroxylation sites is 2. The molecule has 8 heteroatoms. The van der Waals surface area contributed by atoms with Gasteiger partial charge in [-0.05, 0) is 49.9 Å². The van der Waals surface area contributed by atoms with Gasteiger partial charge in [0.05, 0.1) is 23.4 Å². The minimum absolute atomic E-state index is 0.0951. The number of methoxy groups -OCH3 is 1. The summed E-state index contributed by atoms with van der Waals surface area (Å²) in [5.41, 5.74) is 3.78. The van der Waals surface area contributed by atoms with E-state index in [9.17, 15) is 4.79 Å². The highest BCUT2D eigenvalue weighted by Crippen LogP contribution is 2.34. The molecule has 0 atom stereocenters. The average Bonchev–Trinajstić information content (AvgIpc) is 3.53. The van der Waals surface area contributed by atoms with E-state index in [0.29, 0.717) is 5.16 Å². The Kier molecular flexibility index (Phi) is 6.81. The third-order valence-electron chi connectivity index (χ3n) is 5.35. The summed E-state index contributed by atoms with van der Waals surface area (Å²) in [4.78, 5) is 14.1.